The van der Waals surface area contributed by atoms with E-state index in [1.165, 1.54) is 29.2 Å². The van der Waals surface area contributed by atoms with Crippen molar-refractivity contribution in [1.82, 2.24) is 25.0 Å². The van der Waals surface area contributed by atoms with Crippen LogP contribution in [0.4, 0.5) is 14.5 Å². The van der Waals surface area contributed by atoms with Crippen LogP contribution in [-0.4, -0.2) is 70.5 Å². The number of pyridine rings is 1. The minimum Gasteiger partial charge on any atom is -0.378 e. The molecule has 0 radical (unpaired) electrons. The molecule has 5 rings (SSSR count). The summed E-state index contributed by atoms with van der Waals surface area (Å²) in [4.78, 5) is 18.8. The molecule has 2 fully saturated rings. The van der Waals surface area contributed by atoms with Crippen LogP contribution in [0, 0.1) is 18.7 Å². The van der Waals surface area contributed by atoms with Crippen LogP contribution in [-0.2, 0) is 4.74 Å². The molecule has 2 atom stereocenters. The summed E-state index contributed by atoms with van der Waals surface area (Å²) in [5.74, 6) is -1.64. The van der Waals surface area contributed by atoms with Gasteiger partial charge in [0, 0.05) is 43.6 Å². The second-order valence-electron chi connectivity index (χ2n) is 9.81. The summed E-state index contributed by atoms with van der Waals surface area (Å²) in [6.07, 6.45) is 7.41. The molecule has 37 heavy (non-hydrogen) atoms. The zero-order valence-electron chi connectivity index (χ0n) is 21.3. The lowest BCUT2D eigenvalue weighted by Crippen LogP contribution is -2.50. The number of likely N-dealkylation sites (tertiary alicyclic amines) is 1. The number of halogens is 2. The third kappa shape index (κ3) is 5.50. The van der Waals surface area contributed by atoms with E-state index in [2.05, 4.69) is 32.5 Å². The fourth-order valence-electron chi connectivity index (χ4n) is 4.78. The molecule has 1 aliphatic heterocycles. The largest absolute Gasteiger partial charge is 0.378 e. The average Bonchev–Trinajstić information content (AvgIpc) is 3.57. The van der Waals surface area contributed by atoms with Crippen molar-refractivity contribution in [2.24, 2.45) is 0 Å². The highest BCUT2D eigenvalue weighted by atomic mass is 19.1. The van der Waals surface area contributed by atoms with Crippen molar-refractivity contribution in [2.75, 3.05) is 32.1 Å². The van der Waals surface area contributed by atoms with E-state index in [1.807, 2.05) is 0 Å². The van der Waals surface area contributed by atoms with Gasteiger partial charge in [0.25, 0.3) is 5.91 Å². The maximum absolute atomic E-state index is 14.8. The topological polar surface area (TPSA) is 84.3 Å². The van der Waals surface area contributed by atoms with Crippen LogP contribution in [0.2, 0.25) is 0 Å². The number of ether oxygens (including phenoxy) is 1. The van der Waals surface area contributed by atoms with Gasteiger partial charge < -0.3 is 20.3 Å². The molecule has 2 aromatic heterocycles. The molecule has 10 heteroatoms. The molecule has 1 saturated heterocycles. The highest BCUT2D eigenvalue weighted by molar-refractivity contribution is 5.95. The summed E-state index contributed by atoms with van der Waals surface area (Å²) in [6.45, 7) is 6.63. The van der Waals surface area contributed by atoms with Gasteiger partial charge in [-0.15, -0.1) is 0 Å². The first-order chi connectivity index (χ1) is 17.9. The lowest BCUT2D eigenvalue weighted by molar-refractivity contribution is 0.0241. The zero-order valence-corrected chi connectivity index (χ0v) is 21.3. The van der Waals surface area contributed by atoms with Crippen molar-refractivity contribution in [1.29, 1.82) is 0 Å². The van der Waals surface area contributed by atoms with Gasteiger partial charge in [0.15, 0.2) is 0 Å². The SMILES string of the molecule is CCN1CC[C@H](Nc2cnc(F)c(-c3cnn(-c4cc(C(=O)NC5CC5)c(F)cc4C)c3)c2)[C@H](OC)C1. The van der Waals surface area contributed by atoms with E-state index in [0.717, 1.165) is 38.9 Å². The van der Waals surface area contributed by atoms with Gasteiger partial charge in [-0.05, 0) is 56.5 Å². The molecule has 0 unspecified atom stereocenters. The highest BCUT2D eigenvalue weighted by Gasteiger charge is 2.29. The third-order valence-corrected chi connectivity index (χ3v) is 7.17. The first-order valence-corrected chi connectivity index (χ1v) is 12.7. The number of hydrogen-bond donors (Lipinski definition) is 2. The molecule has 8 nitrogen and oxygen atoms in total. The number of likely N-dealkylation sites (N-methyl/N-ethyl adjacent to an activating group) is 1. The summed E-state index contributed by atoms with van der Waals surface area (Å²) in [5.41, 5.74) is 2.62. The summed E-state index contributed by atoms with van der Waals surface area (Å²) in [6, 6.07) is 4.72. The van der Waals surface area contributed by atoms with Gasteiger partial charge in [0.05, 0.1) is 41.5 Å². The van der Waals surface area contributed by atoms with Crippen LogP contribution in [0.5, 0.6) is 0 Å². The molecule has 3 heterocycles. The van der Waals surface area contributed by atoms with Gasteiger partial charge in [0.2, 0.25) is 5.95 Å². The molecule has 1 aliphatic carbocycles. The van der Waals surface area contributed by atoms with Gasteiger partial charge in [-0.3, -0.25) is 4.79 Å². The van der Waals surface area contributed by atoms with Crippen molar-refractivity contribution in [3.8, 4) is 16.8 Å². The van der Waals surface area contributed by atoms with Gasteiger partial charge in [0.1, 0.15) is 5.82 Å². The van der Waals surface area contributed by atoms with Crippen LogP contribution in [0.1, 0.15) is 42.1 Å². The maximum Gasteiger partial charge on any atom is 0.254 e. The van der Waals surface area contributed by atoms with Crippen LogP contribution < -0.4 is 10.6 Å². The van der Waals surface area contributed by atoms with E-state index in [9.17, 15) is 13.6 Å². The average molecular weight is 511 g/mol. The van der Waals surface area contributed by atoms with Crippen LogP contribution in [0.25, 0.3) is 16.8 Å². The molecular formula is C27H32F2N6O2. The summed E-state index contributed by atoms with van der Waals surface area (Å²) < 4.78 is 36.6. The number of nitrogens with zero attached hydrogens (tertiary/aromatic N) is 4. The molecule has 1 amide bonds. The first-order valence-electron chi connectivity index (χ1n) is 12.7. The van der Waals surface area contributed by atoms with E-state index >= 15 is 0 Å². The fraction of sp³-hybridized carbons (Fsp3) is 0.444. The number of methoxy groups -OCH3 is 1. The van der Waals surface area contributed by atoms with E-state index in [4.69, 9.17) is 4.74 Å². The van der Waals surface area contributed by atoms with Gasteiger partial charge in [-0.2, -0.15) is 9.49 Å². The molecule has 1 saturated carbocycles. The number of rotatable bonds is 8. The number of carbonyl (C=O) groups excluding carboxylic acids is 1. The number of carbonyl (C=O) groups is 1. The Bertz CT molecular complexity index is 1290. The zero-order chi connectivity index (χ0) is 26.1. The molecule has 0 spiro atoms. The van der Waals surface area contributed by atoms with Crippen molar-refractivity contribution in [3.63, 3.8) is 0 Å². The Hall–Kier alpha value is -3.37. The Kier molecular flexibility index (Phi) is 7.21. The minimum absolute atomic E-state index is 0.0118. The normalized spacial score (nSPS) is 20.1. The van der Waals surface area contributed by atoms with Crippen LogP contribution in [0.15, 0.2) is 36.8 Å². The predicted octanol–water partition coefficient (Wildman–Crippen LogP) is 3.93. The molecule has 0 bridgehead atoms. The standard InChI is InChI=1S/C27H32F2N6O2/c1-4-34-8-7-23(25(15-34)37-3)32-19-10-20(26(29)30-13-19)17-12-31-35(14-17)24-11-21(22(28)9-16(24)2)27(36)33-18-5-6-18/h9-14,18,23,25,32H,4-8,15H2,1-3H3,(H,33,36)/t23-,25+/m0/s1. The second-order valence-corrected chi connectivity index (χ2v) is 9.81. The summed E-state index contributed by atoms with van der Waals surface area (Å²) in [7, 11) is 1.71. The Morgan fingerprint density at radius 2 is 2.00 bits per heavy atom. The van der Waals surface area contributed by atoms with Crippen LogP contribution in [0.3, 0.4) is 0 Å². The van der Waals surface area contributed by atoms with Crippen molar-refractivity contribution in [2.45, 2.75) is 51.3 Å². The smallest absolute Gasteiger partial charge is 0.254 e. The predicted molar refractivity (Wildman–Crippen MR) is 137 cm³/mol. The Morgan fingerprint density at radius 1 is 1.19 bits per heavy atom. The highest BCUT2D eigenvalue weighted by Crippen LogP contribution is 2.28. The third-order valence-electron chi connectivity index (χ3n) is 7.17. The Labute approximate surface area is 215 Å². The number of piperidine rings is 1. The number of anilines is 1. The van der Waals surface area contributed by atoms with E-state index in [0.29, 0.717) is 28.1 Å². The molecular weight excluding hydrogens is 478 g/mol. The Morgan fingerprint density at radius 3 is 2.73 bits per heavy atom. The minimum atomic E-state index is -0.616. The number of aromatic nitrogens is 3. The number of amides is 1. The summed E-state index contributed by atoms with van der Waals surface area (Å²) in [5, 5.41) is 10.7. The number of aryl methyl sites for hydroxylation is 1. The maximum atomic E-state index is 14.8. The van der Waals surface area contributed by atoms with E-state index in [-0.39, 0.29) is 23.8 Å². The van der Waals surface area contributed by atoms with Gasteiger partial charge in [-0.25, -0.2) is 14.1 Å². The number of nitrogens with one attached hydrogen (secondary N) is 2. The monoisotopic (exact) mass is 510 g/mol. The Balaban J connectivity index is 1.39. The second kappa shape index (κ2) is 10.5. The quantitative estimate of drug-likeness (QED) is 0.447. The van der Waals surface area contributed by atoms with Crippen molar-refractivity contribution in [3.05, 3.63) is 59.7 Å². The van der Waals surface area contributed by atoms with Gasteiger partial charge in [-0.1, -0.05) is 6.92 Å². The number of benzene rings is 1. The van der Waals surface area contributed by atoms with Gasteiger partial charge >= 0.3 is 0 Å². The first kappa shape index (κ1) is 25.3. The van der Waals surface area contributed by atoms with Crippen molar-refractivity contribution < 1.29 is 18.3 Å². The summed E-state index contributed by atoms with van der Waals surface area (Å²) >= 11 is 0. The van der Waals surface area contributed by atoms with Crippen LogP contribution >= 0.6 is 0 Å². The van der Waals surface area contributed by atoms with Crippen molar-refractivity contribution >= 4 is 11.6 Å². The fourth-order valence-corrected chi connectivity index (χ4v) is 4.78. The number of hydrogen-bond acceptors (Lipinski definition) is 6. The molecule has 3 aromatic rings. The van der Waals surface area contributed by atoms with E-state index in [1.54, 1.807) is 26.3 Å². The lowest BCUT2D eigenvalue weighted by Gasteiger charge is -2.38. The molecule has 196 valence electrons. The van der Waals surface area contributed by atoms with E-state index < -0.39 is 17.7 Å². The lowest BCUT2D eigenvalue weighted by atomic mass is 10.0. The molecule has 2 aliphatic rings. The molecule has 1 aromatic carbocycles. The molecule has 2 N–H and O–H groups in total.